The number of carboxylic acids is 2. The van der Waals surface area contributed by atoms with Gasteiger partial charge in [0.15, 0.2) is 6.10 Å². The Labute approximate surface area is 230 Å². The molecule has 3 rings (SSSR count). The van der Waals surface area contributed by atoms with E-state index in [1.54, 1.807) is 12.1 Å². The summed E-state index contributed by atoms with van der Waals surface area (Å²) in [5.41, 5.74) is 2.55. The molecular weight excluding hydrogens is 516 g/mol. The molecule has 0 amide bonds. The van der Waals surface area contributed by atoms with E-state index in [1.165, 1.54) is 43.0 Å². The lowest BCUT2D eigenvalue weighted by atomic mass is 9.96. The number of hydrogen-bond donors (Lipinski definition) is 2. The monoisotopic (exact) mass is 552 g/mol. The van der Waals surface area contributed by atoms with E-state index in [9.17, 15) is 23.1 Å². The van der Waals surface area contributed by atoms with Crippen molar-refractivity contribution in [2.45, 2.75) is 73.7 Å². The molecule has 0 aliphatic carbocycles. The summed E-state index contributed by atoms with van der Waals surface area (Å²) in [5, 5.41) is 18.7. The summed E-state index contributed by atoms with van der Waals surface area (Å²) in [6.45, 7) is 0. The third-order valence-corrected chi connectivity index (χ3v) is 8.74. The van der Waals surface area contributed by atoms with Crippen molar-refractivity contribution in [1.82, 2.24) is 0 Å². The molecule has 7 nitrogen and oxygen atoms in total. The second kappa shape index (κ2) is 14.6. The first-order chi connectivity index (χ1) is 18.7. The van der Waals surface area contributed by atoms with E-state index >= 15 is 0 Å². The summed E-state index contributed by atoms with van der Waals surface area (Å²) < 4.78 is 32.3. The van der Waals surface area contributed by atoms with Gasteiger partial charge in [-0.3, -0.25) is 0 Å². The number of methoxy groups -OCH3 is 1. The third kappa shape index (κ3) is 8.50. The Balaban J connectivity index is 1.72. The zero-order valence-corrected chi connectivity index (χ0v) is 23.0. The van der Waals surface area contributed by atoms with Crippen LogP contribution in [0, 0.1) is 0 Å². The van der Waals surface area contributed by atoms with Crippen LogP contribution < -0.4 is 0 Å². The van der Waals surface area contributed by atoms with Gasteiger partial charge in [-0.1, -0.05) is 68.1 Å². The zero-order chi connectivity index (χ0) is 28.3. The van der Waals surface area contributed by atoms with Gasteiger partial charge in [0.05, 0.1) is 15.4 Å². The molecule has 3 aromatic rings. The quantitative estimate of drug-likeness (QED) is 0.210. The van der Waals surface area contributed by atoms with Crippen LogP contribution >= 0.6 is 0 Å². The van der Waals surface area contributed by atoms with Gasteiger partial charge in [0.25, 0.3) is 0 Å². The number of aromatic carboxylic acids is 1. The second-order valence-corrected chi connectivity index (χ2v) is 11.5. The van der Waals surface area contributed by atoms with Crippen LogP contribution in [0.2, 0.25) is 0 Å². The van der Waals surface area contributed by atoms with Gasteiger partial charge < -0.3 is 14.9 Å². The van der Waals surface area contributed by atoms with Gasteiger partial charge in [-0.2, -0.15) is 0 Å². The van der Waals surface area contributed by atoms with E-state index in [1.807, 2.05) is 6.07 Å². The summed E-state index contributed by atoms with van der Waals surface area (Å²) in [6, 6.07) is 20.4. The molecule has 0 saturated heterocycles. The Bertz CT molecular complexity index is 1330. The van der Waals surface area contributed by atoms with Crippen LogP contribution in [0.3, 0.4) is 0 Å². The minimum absolute atomic E-state index is 0.00362. The fourth-order valence-electron chi connectivity index (χ4n) is 4.70. The summed E-state index contributed by atoms with van der Waals surface area (Å²) in [4.78, 5) is 22.9. The Kier molecular flexibility index (Phi) is 11.3. The lowest BCUT2D eigenvalue weighted by Crippen LogP contribution is -2.25. The average Bonchev–Trinajstić information content (AvgIpc) is 2.93. The number of unbranched alkanes of at least 4 members (excludes halogenated alkanes) is 5. The standard InChI is InChI=1S/C31H36O7S/c1-38-28(31(34)35)22-25-15-11-17-29(39(36,37)26-20-18-24(19-21-26)30(32)33)27(25)16-10-5-3-2-4-7-12-23-13-8-6-9-14-23/h6,8-9,11,13-15,17-21,28H,2-5,7,10,12,16,22H2,1H3,(H,32,33)(H,34,35). The molecule has 0 heterocycles. The van der Waals surface area contributed by atoms with Crippen LogP contribution in [-0.2, 0) is 38.6 Å². The molecule has 1 unspecified atom stereocenters. The summed E-state index contributed by atoms with van der Waals surface area (Å²) >= 11 is 0. The highest BCUT2D eigenvalue weighted by Crippen LogP contribution is 2.29. The normalized spacial score (nSPS) is 12.2. The molecule has 0 aliphatic heterocycles. The van der Waals surface area contributed by atoms with Crippen molar-refractivity contribution in [2.24, 2.45) is 0 Å². The highest BCUT2D eigenvalue weighted by molar-refractivity contribution is 7.91. The third-order valence-electron chi connectivity index (χ3n) is 6.88. The van der Waals surface area contributed by atoms with Gasteiger partial charge in [-0.25, -0.2) is 18.0 Å². The van der Waals surface area contributed by atoms with Crippen LogP contribution in [-0.4, -0.2) is 43.8 Å². The molecule has 3 aromatic carbocycles. The first-order valence-electron chi connectivity index (χ1n) is 13.2. The van der Waals surface area contributed by atoms with Crippen LogP contribution in [0.25, 0.3) is 0 Å². The number of hydrogen-bond acceptors (Lipinski definition) is 5. The SMILES string of the molecule is COC(Cc1cccc(S(=O)(=O)c2ccc(C(=O)O)cc2)c1CCCCCCCCc1ccccc1)C(=O)O. The van der Waals surface area contributed by atoms with Crippen molar-refractivity contribution in [1.29, 1.82) is 0 Å². The van der Waals surface area contributed by atoms with E-state index in [0.29, 0.717) is 17.5 Å². The molecule has 2 N–H and O–H groups in total. The largest absolute Gasteiger partial charge is 0.479 e. The highest BCUT2D eigenvalue weighted by atomic mass is 32.2. The lowest BCUT2D eigenvalue weighted by molar-refractivity contribution is -0.148. The van der Waals surface area contributed by atoms with Crippen molar-refractivity contribution in [3.05, 3.63) is 95.1 Å². The van der Waals surface area contributed by atoms with Crippen LogP contribution in [0.5, 0.6) is 0 Å². The number of aliphatic carboxylic acids is 1. The summed E-state index contributed by atoms with van der Waals surface area (Å²) in [6.07, 6.45) is 6.58. The lowest BCUT2D eigenvalue weighted by Gasteiger charge is -2.18. The number of rotatable bonds is 16. The van der Waals surface area contributed by atoms with Crippen LogP contribution in [0.4, 0.5) is 0 Å². The topological polar surface area (TPSA) is 118 Å². The first-order valence-corrected chi connectivity index (χ1v) is 14.7. The van der Waals surface area contributed by atoms with Crippen molar-refractivity contribution in [2.75, 3.05) is 7.11 Å². The number of carbonyl (C=O) groups is 2. The molecule has 208 valence electrons. The molecule has 0 spiro atoms. The first kappa shape index (κ1) is 30.1. The van der Waals surface area contributed by atoms with Crippen LogP contribution in [0.15, 0.2) is 82.6 Å². The number of benzene rings is 3. The molecule has 0 saturated carbocycles. The van der Waals surface area contributed by atoms with Gasteiger partial charge >= 0.3 is 11.9 Å². The predicted molar refractivity (Wildman–Crippen MR) is 149 cm³/mol. The van der Waals surface area contributed by atoms with E-state index in [-0.39, 0.29) is 21.8 Å². The smallest absolute Gasteiger partial charge is 0.335 e. The van der Waals surface area contributed by atoms with Crippen LogP contribution in [0.1, 0.15) is 65.6 Å². The molecule has 0 bridgehead atoms. The van der Waals surface area contributed by atoms with Gasteiger partial charge in [0.2, 0.25) is 9.84 Å². The molecule has 0 fully saturated rings. The summed E-state index contributed by atoms with van der Waals surface area (Å²) in [7, 11) is -2.64. The Hall–Kier alpha value is -3.49. The number of aryl methyl sites for hydroxylation is 1. The second-order valence-electron chi connectivity index (χ2n) is 9.60. The minimum atomic E-state index is -3.96. The molecule has 39 heavy (non-hydrogen) atoms. The molecule has 1 atom stereocenters. The van der Waals surface area contributed by atoms with Crippen molar-refractivity contribution in [3.63, 3.8) is 0 Å². The van der Waals surface area contributed by atoms with E-state index in [4.69, 9.17) is 9.84 Å². The fourth-order valence-corrected chi connectivity index (χ4v) is 6.26. The Morgan fingerprint density at radius 2 is 1.38 bits per heavy atom. The minimum Gasteiger partial charge on any atom is -0.479 e. The Morgan fingerprint density at radius 1 is 0.769 bits per heavy atom. The Morgan fingerprint density at radius 3 is 1.97 bits per heavy atom. The van der Waals surface area contributed by atoms with Gasteiger partial charge in [-0.05, 0) is 72.7 Å². The molecule has 0 radical (unpaired) electrons. The predicted octanol–water partition coefficient (Wildman–Crippen LogP) is 5.99. The van der Waals surface area contributed by atoms with E-state index < -0.39 is 27.9 Å². The van der Waals surface area contributed by atoms with Gasteiger partial charge in [-0.15, -0.1) is 0 Å². The van der Waals surface area contributed by atoms with E-state index in [2.05, 4.69) is 24.3 Å². The molecule has 0 aliphatic rings. The maximum absolute atomic E-state index is 13.6. The molecular formula is C31H36O7S. The van der Waals surface area contributed by atoms with Gasteiger partial charge in [0, 0.05) is 13.5 Å². The average molecular weight is 553 g/mol. The van der Waals surface area contributed by atoms with E-state index in [0.717, 1.165) is 44.9 Å². The maximum Gasteiger partial charge on any atom is 0.335 e. The van der Waals surface area contributed by atoms with Crippen molar-refractivity contribution >= 4 is 21.8 Å². The summed E-state index contributed by atoms with van der Waals surface area (Å²) in [5.74, 6) is -2.25. The zero-order valence-electron chi connectivity index (χ0n) is 22.2. The molecule has 8 heteroatoms. The number of sulfone groups is 1. The number of carboxylic acid groups (broad SMARTS) is 2. The highest BCUT2D eigenvalue weighted by Gasteiger charge is 2.26. The van der Waals surface area contributed by atoms with Gasteiger partial charge in [0.1, 0.15) is 0 Å². The molecule has 0 aromatic heterocycles. The maximum atomic E-state index is 13.6. The fraction of sp³-hybridized carbons (Fsp3) is 0.355. The van der Waals surface area contributed by atoms with Crippen molar-refractivity contribution < 1.29 is 33.0 Å². The van der Waals surface area contributed by atoms with Crippen molar-refractivity contribution in [3.8, 4) is 0 Å². The number of ether oxygens (including phenoxy) is 1.